The van der Waals surface area contributed by atoms with Gasteiger partial charge in [0, 0.05) is 11.8 Å². The second-order valence-corrected chi connectivity index (χ2v) is 4.75. The van der Waals surface area contributed by atoms with Crippen molar-refractivity contribution in [2.45, 2.75) is 26.4 Å². The smallest absolute Gasteiger partial charge is 0.147 e. The average Bonchev–Trinajstić information content (AvgIpc) is 2.32. The first kappa shape index (κ1) is 12.7. The third kappa shape index (κ3) is 2.14. The van der Waals surface area contributed by atoms with Crippen molar-refractivity contribution in [2.24, 2.45) is 0 Å². The number of aryl methyl sites for hydroxylation is 2. The molecule has 0 saturated heterocycles. The average molecular weight is 245 g/mol. The number of aromatic nitrogens is 1. The molecule has 94 valence electrons. The lowest BCUT2D eigenvalue weighted by atomic mass is 9.85. The Morgan fingerprint density at radius 2 is 1.89 bits per heavy atom. The van der Waals surface area contributed by atoms with Crippen LogP contribution in [0, 0.1) is 19.7 Å². The Bertz CT molecular complexity index is 578. The van der Waals surface area contributed by atoms with Crippen LogP contribution in [0.2, 0.25) is 0 Å². The Morgan fingerprint density at radius 1 is 1.17 bits per heavy atom. The van der Waals surface area contributed by atoms with Gasteiger partial charge in [-0.25, -0.2) is 4.39 Å². The minimum Gasteiger partial charge on any atom is -0.381 e. The summed E-state index contributed by atoms with van der Waals surface area (Å²) >= 11 is 0. The minimum atomic E-state index is -1.36. The molecule has 1 N–H and O–H groups in total. The molecule has 2 rings (SSSR count). The molecular formula is C15H16FNO. The molecule has 2 aromatic rings. The molecule has 18 heavy (non-hydrogen) atoms. The normalized spacial score (nSPS) is 14.3. The van der Waals surface area contributed by atoms with Gasteiger partial charge in [0.15, 0.2) is 0 Å². The Kier molecular flexibility index (Phi) is 3.18. The van der Waals surface area contributed by atoms with E-state index in [1.165, 1.54) is 12.3 Å². The molecule has 0 saturated carbocycles. The van der Waals surface area contributed by atoms with Crippen molar-refractivity contribution in [1.82, 2.24) is 4.98 Å². The van der Waals surface area contributed by atoms with Gasteiger partial charge in [-0.05, 0) is 38.0 Å². The zero-order chi connectivity index (χ0) is 13.3. The van der Waals surface area contributed by atoms with E-state index in [1.807, 2.05) is 32.0 Å². The second kappa shape index (κ2) is 4.50. The fourth-order valence-corrected chi connectivity index (χ4v) is 2.18. The standard InChI is InChI=1S/C15H16FNO/c1-10-4-5-11(2)13(8-10)15(3,18)12-6-7-17-9-14(12)16/h4-9,18H,1-3H3. The highest BCUT2D eigenvalue weighted by Crippen LogP contribution is 2.32. The van der Waals surface area contributed by atoms with Crippen molar-refractivity contribution in [3.05, 3.63) is 64.7 Å². The van der Waals surface area contributed by atoms with Crippen LogP contribution >= 0.6 is 0 Å². The first-order valence-corrected chi connectivity index (χ1v) is 5.83. The lowest BCUT2D eigenvalue weighted by Crippen LogP contribution is -2.25. The van der Waals surface area contributed by atoms with Crippen LogP contribution in [0.3, 0.4) is 0 Å². The molecule has 1 aromatic heterocycles. The topological polar surface area (TPSA) is 33.1 Å². The largest absolute Gasteiger partial charge is 0.381 e. The molecule has 0 aliphatic rings. The number of pyridine rings is 1. The van der Waals surface area contributed by atoms with E-state index in [2.05, 4.69) is 4.98 Å². The van der Waals surface area contributed by atoms with Gasteiger partial charge in [-0.2, -0.15) is 0 Å². The molecule has 1 heterocycles. The first-order chi connectivity index (χ1) is 8.43. The van der Waals surface area contributed by atoms with Crippen LogP contribution in [0.15, 0.2) is 36.7 Å². The van der Waals surface area contributed by atoms with E-state index in [4.69, 9.17) is 0 Å². The predicted molar refractivity (Wildman–Crippen MR) is 68.8 cm³/mol. The van der Waals surface area contributed by atoms with Gasteiger partial charge in [0.2, 0.25) is 0 Å². The molecule has 1 atom stereocenters. The van der Waals surface area contributed by atoms with E-state index in [9.17, 15) is 9.50 Å². The molecule has 3 heteroatoms. The maximum atomic E-state index is 13.8. The van der Waals surface area contributed by atoms with Crippen LogP contribution in [0.1, 0.15) is 29.2 Å². The van der Waals surface area contributed by atoms with Crippen molar-refractivity contribution < 1.29 is 9.50 Å². The van der Waals surface area contributed by atoms with Crippen molar-refractivity contribution in [2.75, 3.05) is 0 Å². The monoisotopic (exact) mass is 245 g/mol. The van der Waals surface area contributed by atoms with Gasteiger partial charge in [0.1, 0.15) is 11.4 Å². The lowest BCUT2D eigenvalue weighted by Gasteiger charge is -2.27. The van der Waals surface area contributed by atoms with Gasteiger partial charge in [-0.1, -0.05) is 23.8 Å². The zero-order valence-electron chi connectivity index (χ0n) is 10.7. The van der Waals surface area contributed by atoms with Crippen LogP contribution in [0.25, 0.3) is 0 Å². The molecule has 2 nitrogen and oxygen atoms in total. The zero-order valence-corrected chi connectivity index (χ0v) is 10.7. The number of aliphatic hydroxyl groups is 1. The number of nitrogens with zero attached hydrogens (tertiary/aromatic N) is 1. The van der Waals surface area contributed by atoms with Gasteiger partial charge >= 0.3 is 0 Å². The van der Waals surface area contributed by atoms with Crippen LogP contribution < -0.4 is 0 Å². The predicted octanol–water partition coefficient (Wildman–Crippen LogP) is 3.09. The van der Waals surface area contributed by atoms with E-state index < -0.39 is 11.4 Å². The van der Waals surface area contributed by atoms with Gasteiger partial charge in [-0.15, -0.1) is 0 Å². The number of halogens is 1. The van der Waals surface area contributed by atoms with E-state index in [0.717, 1.165) is 17.3 Å². The van der Waals surface area contributed by atoms with Gasteiger partial charge < -0.3 is 5.11 Å². The maximum absolute atomic E-state index is 13.8. The molecule has 0 bridgehead atoms. The van der Waals surface area contributed by atoms with E-state index >= 15 is 0 Å². The van der Waals surface area contributed by atoms with Crippen molar-refractivity contribution in [1.29, 1.82) is 0 Å². The third-order valence-electron chi connectivity index (χ3n) is 3.21. The number of rotatable bonds is 2. The van der Waals surface area contributed by atoms with E-state index in [1.54, 1.807) is 6.92 Å². The number of hydrogen-bond donors (Lipinski definition) is 1. The van der Waals surface area contributed by atoms with E-state index in [0.29, 0.717) is 5.56 Å². The fourth-order valence-electron chi connectivity index (χ4n) is 2.18. The molecule has 0 amide bonds. The summed E-state index contributed by atoms with van der Waals surface area (Å²) in [6, 6.07) is 7.29. The summed E-state index contributed by atoms with van der Waals surface area (Å²) in [6.45, 7) is 5.46. The summed E-state index contributed by atoms with van der Waals surface area (Å²) < 4.78 is 13.8. The summed E-state index contributed by atoms with van der Waals surface area (Å²) in [5.74, 6) is -0.497. The summed E-state index contributed by atoms with van der Waals surface area (Å²) in [5.41, 5.74) is 1.56. The van der Waals surface area contributed by atoms with Crippen molar-refractivity contribution >= 4 is 0 Å². The maximum Gasteiger partial charge on any atom is 0.147 e. The van der Waals surface area contributed by atoms with Crippen molar-refractivity contribution in [3.63, 3.8) is 0 Å². The summed E-state index contributed by atoms with van der Waals surface area (Å²) in [7, 11) is 0. The van der Waals surface area contributed by atoms with Crippen LogP contribution in [0.5, 0.6) is 0 Å². The van der Waals surface area contributed by atoms with E-state index in [-0.39, 0.29) is 5.56 Å². The third-order valence-corrected chi connectivity index (χ3v) is 3.21. The highest BCUT2D eigenvalue weighted by Gasteiger charge is 2.30. The fraction of sp³-hybridized carbons (Fsp3) is 0.267. The molecule has 0 aliphatic carbocycles. The number of hydrogen-bond acceptors (Lipinski definition) is 2. The SMILES string of the molecule is Cc1ccc(C)c(C(C)(O)c2ccncc2F)c1. The number of benzene rings is 1. The first-order valence-electron chi connectivity index (χ1n) is 5.83. The van der Waals surface area contributed by atoms with Crippen LogP contribution in [0.4, 0.5) is 4.39 Å². The highest BCUT2D eigenvalue weighted by atomic mass is 19.1. The molecule has 0 fully saturated rings. The van der Waals surface area contributed by atoms with Gasteiger partial charge in [0.25, 0.3) is 0 Å². The Balaban J connectivity index is 2.61. The van der Waals surface area contributed by atoms with Crippen molar-refractivity contribution in [3.8, 4) is 0 Å². The molecule has 0 spiro atoms. The quantitative estimate of drug-likeness (QED) is 0.882. The molecule has 0 radical (unpaired) electrons. The van der Waals surface area contributed by atoms with Crippen LogP contribution in [-0.4, -0.2) is 10.1 Å². The minimum absolute atomic E-state index is 0.242. The highest BCUT2D eigenvalue weighted by molar-refractivity contribution is 5.41. The summed E-state index contributed by atoms with van der Waals surface area (Å²) in [4.78, 5) is 3.71. The Morgan fingerprint density at radius 3 is 2.56 bits per heavy atom. The summed E-state index contributed by atoms with van der Waals surface area (Å²) in [5, 5.41) is 10.7. The Hall–Kier alpha value is -1.74. The summed E-state index contributed by atoms with van der Waals surface area (Å²) in [6.07, 6.45) is 2.60. The Labute approximate surface area is 106 Å². The van der Waals surface area contributed by atoms with Crippen LogP contribution in [-0.2, 0) is 5.60 Å². The molecule has 1 unspecified atom stereocenters. The van der Waals surface area contributed by atoms with Gasteiger partial charge in [0.05, 0.1) is 6.20 Å². The second-order valence-electron chi connectivity index (χ2n) is 4.75. The van der Waals surface area contributed by atoms with Gasteiger partial charge in [-0.3, -0.25) is 4.98 Å². The molecule has 0 aliphatic heterocycles. The lowest BCUT2D eigenvalue weighted by molar-refractivity contribution is 0.0970. The molecule has 1 aromatic carbocycles. The molecular weight excluding hydrogens is 229 g/mol.